The molecule has 0 saturated carbocycles. The molecule has 0 aliphatic heterocycles. The fraction of sp³-hybridized carbons (Fsp3) is 0.417. The van der Waals surface area contributed by atoms with Gasteiger partial charge < -0.3 is 9.63 Å². The molecule has 0 saturated heterocycles. The van der Waals surface area contributed by atoms with Crippen LogP contribution in [-0.2, 0) is 20.0 Å². The van der Waals surface area contributed by atoms with Crippen LogP contribution in [-0.4, -0.2) is 23.8 Å². The van der Waals surface area contributed by atoms with Crippen LogP contribution >= 0.6 is 7.37 Å². The molecule has 0 aliphatic carbocycles. The summed E-state index contributed by atoms with van der Waals surface area (Å²) in [5.74, 6) is -0.946. The third-order valence-corrected chi connectivity index (χ3v) is 4.78. The lowest BCUT2D eigenvalue weighted by Crippen LogP contribution is -2.04. The molecular formula is C12H17O4P. The Bertz CT molecular complexity index is 402. The van der Waals surface area contributed by atoms with Gasteiger partial charge in [-0.05, 0) is 12.5 Å². The van der Waals surface area contributed by atoms with Crippen molar-refractivity contribution in [3.8, 4) is 0 Å². The fourth-order valence-electron chi connectivity index (χ4n) is 1.55. The van der Waals surface area contributed by atoms with Crippen LogP contribution in [0.25, 0.3) is 0 Å². The van der Waals surface area contributed by atoms with E-state index >= 15 is 0 Å². The molecule has 1 N–H and O–H groups in total. The average molecular weight is 256 g/mol. The SMILES string of the molecule is CCOP(=O)(CCC(=O)O)Cc1ccccc1. The van der Waals surface area contributed by atoms with Gasteiger partial charge in [0.15, 0.2) is 0 Å². The Morgan fingerprint density at radius 2 is 2.00 bits per heavy atom. The number of benzene rings is 1. The largest absolute Gasteiger partial charge is 0.481 e. The van der Waals surface area contributed by atoms with Crippen molar-refractivity contribution >= 4 is 13.3 Å². The van der Waals surface area contributed by atoms with Crippen LogP contribution in [0, 0.1) is 0 Å². The van der Waals surface area contributed by atoms with Crippen LogP contribution in [0.5, 0.6) is 0 Å². The van der Waals surface area contributed by atoms with E-state index in [1.165, 1.54) is 0 Å². The van der Waals surface area contributed by atoms with Crippen molar-refractivity contribution in [2.75, 3.05) is 12.8 Å². The van der Waals surface area contributed by atoms with E-state index < -0.39 is 13.3 Å². The minimum atomic E-state index is -2.88. The van der Waals surface area contributed by atoms with Crippen molar-refractivity contribution in [2.45, 2.75) is 19.5 Å². The van der Waals surface area contributed by atoms with Crippen LogP contribution in [0.1, 0.15) is 18.9 Å². The third-order valence-electron chi connectivity index (χ3n) is 2.30. The quantitative estimate of drug-likeness (QED) is 0.762. The van der Waals surface area contributed by atoms with Gasteiger partial charge in [0.2, 0.25) is 7.37 Å². The number of rotatable bonds is 7. The van der Waals surface area contributed by atoms with E-state index in [1.54, 1.807) is 6.92 Å². The van der Waals surface area contributed by atoms with Crippen LogP contribution in [0.15, 0.2) is 30.3 Å². The third kappa shape index (κ3) is 5.16. The smallest absolute Gasteiger partial charge is 0.303 e. The van der Waals surface area contributed by atoms with E-state index in [0.29, 0.717) is 12.8 Å². The summed E-state index contributed by atoms with van der Waals surface area (Å²) in [5, 5.41) is 8.63. The molecule has 1 aromatic rings. The van der Waals surface area contributed by atoms with Crippen LogP contribution in [0.3, 0.4) is 0 Å². The van der Waals surface area contributed by atoms with Gasteiger partial charge in [-0.15, -0.1) is 0 Å². The molecule has 4 nitrogen and oxygen atoms in total. The zero-order valence-corrected chi connectivity index (χ0v) is 10.7. The average Bonchev–Trinajstić information content (AvgIpc) is 2.28. The summed E-state index contributed by atoms with van der Waals surface area (Å²) < 4.78 is 17.7. The molecular weight excluding hydrogens is 239 g/mol. The van der Waals surface area contributed by atoms with Gasteiger partial charge in [0, 0.05) is 12.3 Å². The van der Waals surface area contributed by atoms with E-state index in [1.807, 2.05) is 30.3 Å². The van der Waals surface area contributed by atoms with E-state index in [4.69, 9.17) is 9.63 Å². The number of carboxylic acids is 1. The van der Waals surface area contributed by atoms with Crippen molar-refractivity contribution in [1.29, 1.82) is 0 Å². The molecule has 5 heteroatoms. The highest BCUT2D eigenvalue weighted by molar-refractivity contribution is 7.58. The van der Waals surface area contributed by atoms with E-state index in [0.717, 1.165) is 5.56 Å². The Hall–Kier alpha value is -1.12. The van der Waals surface area contributed by atoms with Crippen LogP contribution in [0.2, 0.25) is 0 Å². The standard InChI is InChI=1S/C12H17O4P/c1-2-16-17(15,9-8-12(13)14)10-11-6-4-3-5-7-11/h3-7H,2,8-10H2,1H3,(H,13,14). The van der Waals surface area contributed by atoms with E-state index in [9.17, 15) is 9.36 Å². The van der Waals surface area contributed by atoms with E-state index in [2.05, 4.69) is 0 Å². The monoisotopic (exact) mass is 256 g/mol. The Morgan fingerprint density at radius 3 is 2.53 bits per heavy atom. The molecule has 0 aliphatic rings. The van der Waals surface area contributed by atoms with Gasteiger partial charge in [0.25, 0.3) is 0 Å². The minimum Gasteiger partial charge on any atom is -0.481 e. The molecule has 0 spiro atoms. The summed E-state index contributed by atoms with van der Waals surface area (Å²) in [6.07, 6.45) is 0.268. The Kier molecular flexibility index (Phi) is 5.39. The lowest BCUT2D eigenvalue weighted by molar-refractivity contribution is -0.136. The topological polar surface area (TPSA) is 63.6 Å². The van der Waals surface area contributed by atoms with Crippen LogP contribution < -0.4 is 0 Å². The highest BCUT2D eigenvalue weighted by Gasteiger charge is 2.24. The first-order chi connectivity index (χ1) is 8.06. The van der Waals surface area contributed by atoms with Crippen LogP contribution in [0.4, 0.5) is 0 Å². The lowest BCUT2D eigenvalue weighted by Gasteiger charge is -2.17. The Balaban J connectivity index is 2.71. The molecule has 1 rings (SSSR count). The summed E-state index contributed by atoms with van der Waals surface area (Å²) in [7, 11) is -2.88. The summed E-state index contributed by atoms with van der Waals surface area (Å²) in [5.41, 5.74) is 0.912. The normalized spacial score (nSPS) is 14.2. The maximum atomic E-state index is 12.4. The summed E-state index contributed by atoms with van der Waals surface area (Å²) in [6.45, 7) is 2.10. The molecule has 0 bridgehead atoms. The summed E-state index contributed by atoms with van der Waals surface area (Å²) in [6, 6.07) is 9.34. The molecule has 1 aromatic carbocycles. The second kappa shape index (κ2) is 6.58. The molecule has 0 radical (unpaired) electrons. The van der Waals surface area contributed by atoms with Gasteiger partial charge in [0.1, 0.15) is 0 Å². The van der Waals surface area contributed by atoms with Gasteiger partial charge >= 0.3 is 5.97 Å². The van der Waals surface area contributed by atoms with Gasteiger partial charge in [0.05, 0.1) is 13.0 Å². The Labute approximate surface area is 101 Å². The molecule has 94 valence electrons. The first-order valence-corrected chi connectivity index (χ1v) is 7.53. The predicted molar refractivity (Wildman–Crippen MR) is 66.5 cm³/mol. The van der Waals surface area contributed by atoms with Crippen molar-refractivity contribution in [3.05, 3.63) is 35.9 Å². The highest BCUT2D eigenvalue weighted by atomic mass is 31.2. The number of hydrogen-bond acceptors (Lipinski definition) is 3. The molecule has 17 heavy (non-hydrogen) atoms. The fourth-order valence-corrected chi connectivity index (χ4v) is 3.70. The maximum absolute atomic E-state index is 12.4. The lowest BCUT2D eigenvalue weighted by atomic mass is 10.2. The highest BCUT2D eigenvalue weighted by Crippen LogP contribution is 2.50. The number of carboxylic acid groups (broad SMARTS) is 1. The molecule has 1 unspecified atom stereocenters. The van der Waals surface area contributed by atoms with Gasteiger partial charge in [-0.1, -0.05) is 30.3 Å². The molecule has 0 amide bonds. The predicted octanol–water partition coefficient (Wildman–Crippen LogP) is 2.98. The zero-order chi connectivity index (χ0) is 12.7. The number of hydrogen-bond donors (Lipinski definition) is 1. The molecule has 1 atom stereocenters. The summed E-state index contributed by atoms with van der Waals surface area (Å²) >= 11 is 0. The number of carbonyl (C=O) groups is 1. The van der Waals surface area contributed by atoms with Crippen molar-refractivity contribution < 1.29 is 19.0 Å². The van der Waals surface area contributed by atoms with Gasteiger partial charge in [-0.25, -0.2) is 0 Å². The second-order valence-corrected chi connectivity index (χ2v) is 6.39. The zero-order valence-electron chi connectivity index (χ0n) is 9.83. The molecule has 0 fully saturated rings. The molecule has 0 aromatic heterocycles. The molecule has 0 heterocycles. The van der Waals surface area contributed by atoms with Crippen molar-refractivity contribution in [1.82, 2.24) is 0 Å². The van der Waals surface area contributed by atoms with Crippen molar-refractivity contribution in [3.63, 3.8) is 0 Å². The van der Waals surface area contributed by atoms with Gasteiger partial charge in [-0.3, -0.25) is 9.36 Å². The van der Waals surface area contributed by atoms with Gasteiger partial charge in [-0.2, -0.15) is 0 Å². The van der Waals surface area contributed by atoms with Crippen molar-refractivity contribution in [2.24, 2.45) is 0 Å². The first-order valence-electron chi connectivity index (χ1n) is 5.54. The van der Waals surface area contributed by atoms with E-state index in [-0.39, 0.29) is 12.6 Å². The number of aliphatic carboxylic acids is 1. The first kappa shape index (κ1) is 13.9. The Morgan fingerprint density at radius 1 is 1.35 bits per heavy atom. The maximum Gasteiger partial charge on any atom is 0.303 e. The summed E-state index contributed by atoms with van der Waals surface area (Å²) in [4.78, 5) is 10.5. The minimum absolute atomic E-state index is 0.0884. The second-order valence-electron chi connectivity index (χ2n) is 3.74.